The van der Waals surface area contributed by atoms with Crippen LogP contribution in [-0.2, 0) is 6.54 Å². The van der Waals surface area contributed by atoms with Crippen LogP contribution in [0.25, 0.3) is 22.4 Å². The van der Waals surface area contributed by atoms with E-state index < -0.39 is 0 Å². The molecule has 0 aliphatic rings. The van der Waals surface area contributed by atoms with Crippen molar-refractivity contribution in [2.24, 2.45) is 5.73 Å². The Morgan fingerprint density at radius 3 is 3.12 bits per heavy atom. The molecule has 86 valence electrons. The standard InChI is InChI=1S/C12H12N4O/c1-7-16-9-4-8(2-3-11(9)17-7)12-10(5-13)14-6-15-12/h2-4,6H,5,13H2,1H3,(H,14,15). The second-order valence-corrected chi connectivity index (χ2v) is 3.85. The maximum absolute atomic E-state index is 5.64. The second kappa shape index (κ2) is 3.71. The third-order valence-corrected chi connectivity index (χ3v) is 2.69. The van der Waals surface area contributed by atoms with Gasteiger partial charge in [-0.1, -0.05) is 0 Å². The molecule has 5 heteroatoms. The van der Waals surface area contributed by atoms with Gasteiger partial charge in [0.15, 0.2) is 11.5 Å². The number of imidazole rings is 1. The highest BCUT2D eigenvalue weighted by Gasteiger charge is 2.09. The lowest BCUT2D eigenvalue weighted by Crippen LogP contribution is -1.98. The Morgan fingerprint density at radius 2 is 2.29 bits per heavy atom. The third-order valence-electron chi connectivity index (χ3n) is 2.69. The van der Waals surface area contributed by atoms with Crippen LogP contribution in [0.1, 0.15) is 11.6 Å². The minimum Gasteiger partial charge on any atom is -0.441 e. The van der Waals surface area contributed by atoms with Gasteiger partial charge in [-0.15, -0.1) is 0 Å². The van der Waals surface area contributed by atoms with E-state index in [4.69, 9.17) is 10.2 Å². The molecule has 0 saturated carbocycles. The number of benzene rings is 1. The Hall–Kier alpha value is -2.14. The van der Waals surface area contributed by atoms with Crippen molar-refractivity contribution in [3.8, 4) is 11.3 Å². The molecule has 2 aromatic heterocycles. The maximum Gasteiger partial charge on any atom is 0.192 e. The van der Waals surface area contributed by atoms with Crippen molar-refractivity contribution in [3.63, 3.8) is 0 Å². The van der Waals surface area contributed by atoms with Crippen LogP contribution >= 0.6 is 0 Å². The smallest absolute Gasteiger partial charge is 0.192 e. The first-order valence-corrected chi connectivity index (χ1v) is 5.38. The summed E-state index contributed by atoms with van der Waals surface area (Å²) >= 11 is 0. The fourth-order valence-corrected chi connectivity index (χ4v) is 1.92. The average molecular weight is 228 g/mol. The first-order valence-electron chi connectivity index (χ1n) is 5.38. The molecule has 1 aromatic carbocycles. The van der Waals surface area contributed by atoms with Gasteiger partial charge in [0, 0.05) is 19.0 Å². The lowest BCUT2D eigenvalue weighted by atomic mass is 10.1. The molecular weight excluding hydrogens is 216 g/mol. The number of hydrogen-bond acceptors (Lipinski definition) is 4. The SMILES string of the molecule is Cc1nc2cc(-c3nc[nH]c3CN)ccc2o1. The summed E-state index contributed by atoms with van der Waals surface area (Å²) in [5.74, 6) is 0.665. The summed E-state index contributed by atoms with van der Waals surface area (Å²) in [4.78, 5) is 11.6. The normalized spacial score (nSPS) is 11.2. The fraction of sp³-hybridized carbons (Fsp3) is 0.167. The zero-order valence-corrected chi connectivity index (χ0v) is 9.40. The van der Waals surface area contributed by atoms with Gasteiger partial charge in [0.2, 0.25) is 0 Å². The predicted octanol–water partition coefficient (Wildman–Crippen LogP) is 1.99. The molecule has 0 bridgehead atoms. The molecule has 0 aliphatic heterocycles. The van der Waals surface area contributed by atoms with E-state index >= 15 is 0 Å². The zero-order valence-electron chi connectivity index (χ0n) is 9.40. The van der Waals surface area contributed by atoms with Crippen molar-refractivity contribution in [1.82, 2.24) is 15.0 Å². The predicted molar refractivity (Wildman–Crippen MR) is 64.2 cm³/mol. The fourth-order valence-electron chi connectivity index (χ4n) is 1.92. The minimum absolute atomic E-state index is 0.436. The Balaban J connectivity index is 2.17. The number of nitrogens with zero attached hydrogens (tertiary/aromatic N) is 2. The van der Waals surface area contributed by atoms with Crippen LogP contribution < -0.4 is 5.73 Å². The Kier molecular flexibility index (Phi) is 2.19. The molecule has 0 saturated heterocycles. The number of aromatic amines is 1. The molecule has 0 radical (unpaired) electrons. The van der Waals surface area contributed by atoms with Crippen LogP contribution in [0.15, 0.2) is 28.9 Å². The van der Waals surface area contributed by atoms with E-state index in [1.54, 1.807) is 6.33 Å². The van der Waals surface area contributed by atoms with Gasteiger partial charge in [-0.3, -0.25) is 0 Å². The Morgan fingerprint density at radius 1 is 1.41 bits per heavy atom. The Labute approximate surface area is 97.7 Å². The number of nitrogens with one attached hydrogen (secondary N) is 1. The molecule has 0 amide bonds. The minimum atomic E-state index is 0.436. The highest BCUT2D eigenvalue weighted by Crippen LogP contribution is 2.25. The molecule has 0 spiro atoms. The van der Waals surface area contributed by atoms with Crippen molar-refractivity contribution < 1.29 is 4.42 Å². The molecule has 0 aliphatic carbocycles. The average Bonchev–Trinajstić information content (AvgIpc) is 2.91. The summed E-state index contributed by atoms with van der Waals surface area (Å²) in [5.41, 5.74) is 10.1. The highest BCUT2D eigenvalue weighted by atomic mass is 16.3. The van der Waals surface area contributed by atoms with Crippen LogP contribution in [0.3, 0.4) is 0 Å². The van der Waals surface area contributed by atoms with Gasteiger partial charge < -0.3 is 15.1 Å². The van der Waals surface area contributed by atoms with Gasteiger partial charge in [-0.05, 0) is 18.2 Å². The molecule has 3 N–H and O–H groups in total. The quantitative estimate of drug-likeness (QED) is 0.702. The van der Waals surface area contributed by atoms with E-state index in [-0.39, 0.29) is 0 Å². The van der Waals surface area contributed by atoms with Gasteiger partial charge in [0.05, 0.1) is 17.7 Å². The summed E-state index contributed by atoms with van der Waals surface area (Å²) in [6.07, 6.45) is 1.65. The van der Waals surface area contributed by atoms with E-state index in [2.05, 4.69) is 15.0 Å². The number of rotatable bonds is 2. The summed E-state index contributed by atoms with van der Waals surface area (Å²) in [6.45, 7) is 2.27. The van der Waals surface area contributed by atoms with E-state index in [9.17, 15) is 0 Å². The van der Waals surface area contributed by atoms with Crippen molar-refractivity contribution in [2.75, 3.05) is 0 Å². The van der Waals surface area contributed by atoms with Crippen molar-refractivity contribution >= 4 is 11.1 Å². The van der Waals surface area contributed by atoms with Crippen molar-refractivity contribution in [3.05, 3.63) is 36.1 Å². The van der Waals surface area contributed by atoms with Gasteiger partial charge in [0.1, 0.15) is 5.52 Å². The van der Waals surface area contributed by atoms with E-state index in [1.165, 1.54) is 0 Å². The number of H-pyrrole nitrogens is 1. The summed E-state index contributed by atoms with van der Waals surface area (Å²) in [6, 6.07) is 5.82. The van der Waals surface area contributed by atoms with Crippen molar-refractivity contribution in [2.45, 2.75) is 13.5 Å². The van der Waals surface area contributed by atoms with Crippen LogP contribution in [0.4, 0.5) is 0 Å². The molecule has 0 unspecified atom stereocenters. The third kappa shape index (κ3) is 1.60. The number of oxazole rings is 1. The zero-order chi connectivity index (χ0) is 11.8. The van der Waals surface area contributed by atoms with Gasteiger partial charge in [-0.2, -0.15) is 0 Å². The molecule has 3 aromatic rings. The van der Waals surface area contributed by atoms with Crippen LogP contribution in [-0.4, -0.2) is 15.0 Å². The first-order chi connectivity index (χ1) is 8.28. The number of aromatic nitrogens is 3. The van der Waals surface area contributed by atoms with E-state index in [0.29, 0.717) is 12.4 Å². The monoisotopic (exact) mass is 228 g/mol. The summed E-state index contributed by atoms with van der Waals surface area (Å²) < 4.78 is 5.43. The molecule has 0 fully saturated rings. The number of nitrogens with two attached hydrogens (primary N) is 1. The number of fused-ring (bicyclic) bond motifs is 1. The molecule has 3 rings (SSSR count). The van der Waals surface area contributed by atoms with Gasteiger partial charge in [-0.25, -0.2) is 9.97 Å². The van der Waals surface area contributed by atoms with Crippen LogP contribution in [0.2, 0.25) is 0 Å². The van der Waals surface area contributed by atoms with E-state index in [0.717, 1.165) is 28.1 Å². The lowest BCUT2D eigenvalue weighted by Gasteiger charge is -1.99. The molecule has 2 heterocycles. The van der Waals surface area contributed by atoms with Crippen LogP contribution in [0, 0.1) is 6.92 Å². The summed E-state index contributed by atoms with van der Waals surface area (Å²) in [5, 5.41) is 0. The first kappa shape index (κ1) is 10.0. The lowest BCUT2D eigenvalue weighted by molar-refractivity contribution is 0.561. The van der Waals surface area contributed by atoms with Crippen LogP contribution in [0.5, 0.6) is 0 Å². The second-order valence-electron chi connectivity index (χ2n) is 3.85. The number of hydrogen-bond donors (Lipinski definition) is 2. The maximum atomic E-state index is 5.64. The summed E-state index contributed by atoms with van der Waals surface area (Å²) in [7, 11) is 0. The number of aryl methyl sites for hydroxylation is 1. The highest BCUT2D eigenvalue weighted by molar-refractivity contribution is 5.79. The largest absolute Gasteiger partial charge is 0.441 e. The molecule has 0 atom stereocenters. The topological polar surface area (TPSA) is 80.7 Å². The molecule has 5 nitrogen and oxygen atoms in total. The molecule has 17 heavy (non-hydrogen) atoms. The van der Waals surface area contributed by atoms with Gasteiger partial charge in [0.25, 0.3) is 0 Å². The Bertz CT molecular complexity index is 668. The van der Waals surface area contributed by atoms with Gasteiger partial charge >= 0.3 is 0 Å². The van der Waals surface area contributed by atoms with Crippen molar-refractivity contribution in [1.29, 1.82) is 0 Å². The van der Waals surface area contributed by atoms with E-state index in [1.807, 2.05) is 25.1 Å². The molecular formula is C12H12N4O.